The Balaban J connectivity index is 2.11. The van der Waals surface area contributed by atoms with Crippen molar-refractivity contribution in [2.24, 2.45) is 0 Å². The van der Waals surface area contributed by atoms with Crippen LogP contribution < -0.4 is 10.1 Å². The first kappa shape index (κ1) is 19.0. The summed E-state index contributed by atoms with van der Waals surface area (Å²) in [6.45, 7) is 1.42. The highest BCUT2D eigenvalue weighted by Crippen LogP contribution is 2.18. The van der Waals surface area contributed by atoms with Crippen LogP contribution in [0.4, 0.5) is 5.69 Å². The number of rotatable bonds is 6. The van der Waals surface area contributed by atoms with Crippen LogP contribution in [0.3, 0.4) is 0 Å². The van der Waals surface area contributed by atoms with E-state index in [1.165, 1.54) is 13.0 Å². The van der Waals surface area contributed by atoms with Gasteiger partial charge in [-0.25, -0.2) is 4.79 Å². The fourth-order valence-corrected chi connectivity index (χ4v) is 2.17. The number of anilines is 1. The van der Waals surface area contributed by atoms with Gasteiger partial charge in [-0.1, -0.05) is 29.8 Å². The van der Waals surface area contributed by atoms with Crippen molar-refractivity contribution in [3.63, 3.8) is 0 Å². The molecule has 2 aromatic rings. The molecule has 0 aromatic heterocycles. The summed E-state index contributed by atoms with van der Waals surface area (Å²) < 4.78 is 5.22. The molecule has 132 valence electrons. The number of halogens is 1. The number of amides is 1. The molecule has 0 spiro atoms. The topological polar surface area (TPSA) is 99.4 Å². The van der Waals surface area contributed by atoms with Gasteiger partial charge in [0.1, 0.15) is 17.4 Å². The second-order valence-corrected chi connectivity index (χ2v) is 5.74. The minimum Gasteiger partial charge on any atom is -0.479 e. The third-order valence-corrected chi connectivity index (χ3v) is 3.53. The number of hydrogen-bond acceptors (Lipinski definition) is 4. The number of ether oxygens (including phenoxy) is 1. The number of carbonyl (C=O) groups excluding carboxylic acids is 1. The van der Waals surface area contributed by atoms with E-state index < -0.39 is 18.0 Å². The van der Waals surface area contributed by atoms with Gasteiger partial charge in [0.15, 0.2) is 6.10 Å². The molecule has 0 unspecified atom stereocenters. The highest BCUT2D eigenvalue weighted by molar-refractivity contribution is 6.31. The standard InChI is InChI=1S/C19H15ClN2O4/c1-12(19(24)25)26-17-7-5-13(6-8-17)9-14(11-21)18(23)22-16-4-2-3-15(20)10-16/h2-10,12H,1H3,(H,22,23)(H,24,25)/b14-9-/t12-/m1/s1. The van der Waals surface area contributed by atoms with Crippen molar-refractivity contribution in [1.82, 2.24) is 0 Å². The number of carboxylic acids is 1. The molecule has 0 aliphatic rings. The van der Waals surface area contributed by atoms with Gasteiger partial charge in [-0.2, -0.15) is 5.26 Å². The number of nitriles is 1. The summed E-state index contributed by atoms with van der Waals surface area (Å²) in [7, 11) is 0. The smallest absolute Gasteiger partial charge is 0.344 e. The fourth-order valence-electron chi connectivity index (χ4n) is 1.98. The average Bonchev–Trinajstić information content (AvgIpc) is 2.60. The van der Waals surface area contributed by atoms with Gasteiger partial charge in [-0.15, -0.1) is 0 Å². The van der Waals surface area contributed by atoms with Gasteiger partial charge in [-0.05, 0) is 48.9 Å². The van der Waals surface area contributed by atoms with Crippen LogP contribution >= 0.6 is 11.6 Å². The van der Waals surface area contributed by atoms with Crippen LogP contribution in [0.5, 0.6) is 5.75 Å². The molecule has 0 aliphatic carbocycles. The molecule has 2 rings (SSSR count). The van der Waals surface area contributed by atoms with Crippen molar-refractivity contribution in [3.05, 3.63) is 64.7 Å². The van der Waals surface area contributed by atoms with Crippen LogP contribution in [0.2, 0.25) is 5.02 Å². The van der Waals surface area contributed by atoms with Crippen LogP contribution in [-0.2, 0) is 9.59 Å². The van der Waals surface area contributed by atoms with Crippen LogP contribution in [-0.4, -0.2) is 23.1 Å². The van der Waals surface area contributed by atoms with E-state index in [0.29, 0.717) is 22.0 Å². The molecule has 2 N–H and O–H groups in total. The lowest BCUT2D eigenvalue weighted by Gasteiger charge is -2.10. The van der Waals surface area contributed by atoms with E-state index in [1.54, 1.807) is 48.5 Å². The summed E-state index contributed by atoms with van der Waals surface area (Å²) in [6.07, 6.45) is 0.444. The van der Waals surface area contributed by atoms with E-state index in [4.69, 9.17) is 21.4 Å². The van der Waals surface area contributed by atoms with E-state index in [2.05, 4.69) is 5.32 Å². The zero-order valence-corrected chi connectivity index (χ0v) is 14.5. The number of carbonyl (C=O) groups is 2. The van der Waals surface area contributed by atoms with E-state index >= 15 is 0 Å². The SMILES string of the molecule is C[C@@H](Oc1ccc(/C=C(/C#N)C(=O)Nc2cccc(Cl)c2)cc1)C(=O)O. The number of nitrogens with zero attached hydrogens (tertiary/aromatic N) is 1. The summed E-state index contributed by atoms with van der Waals surface area (Å²) in [4.78, 5) is 23.0. The van der Waals surface area contributed by atoms with Gasteiger partial charge < -0.3 is 15.2 Å². The Hall–Kier alpha value is -3.30. The lowest BCUT2D eigenvalue weighted by atomic mass is 10.1. The van der Waals surface area contributed by atoms with Crippen LogP contribution in [0.25, 0.3) is 6.08 Å². The van der Waals surface area contributed by atoms with E-state index in [9.17, 15) is 14.9 Å². The number of benzene rings is 2. The summed E-state index contributed by atoms with van der Waals surface area (Å²) in [5.74, 6) is -1.26. The lowest BCUT2D eigenvalue weighted by molar-refractivity contribution is -0.144. The van der Waals surface area contributed by atoms with Crippen LogP contribution in [0.15, 0.2) is 54.1 Å². The number of nitrogens with one attached hydrogen (secondary N) is 1. The fraction of sp³-hybridized carbons (Fsp3) is 0.105. The monoisotopic (exact) mass is 370 g/mol. The molecule has 0 heterocycles. The molecule has 7 heteroatoms. The molecule has 0 saturated carbocycles. The third-order valence-electron chi connectivity index (χ3n) is 3.30. The van der Waals surface area contributed by atoms with Gasteiger partial charge in [0.2, 0.25) is 0 Å². The summed E-state index contributed by atoms with van der Waals surface area (Å²) >= 11 is 5.86. The Morgan fingerprint density at radius 2 is 1.96 bits per heavy atom. The van der Waals surface area contributed by atoms with E-state index in [-0.39, 0.29) is 5.57 Å². The summed E-state index contributed by atoms with van der Waals surface area (Å²) in [5, 5.41) is 21.1. The van der Waals surface area contributed by atoms with Gasteiger partial charge in [0.05, 0.1) is 0 Å². The van der Waals surface area contributed by atoms with Crippen molar-refractivity contribution < 1.29 is 19.4 Å². The molecule has 0 aliphatic heterocycles. The zero-order chi connectivity index (χ0) is 19.1. The van der Waals surface area contributed by atoms with E-state index in [0.717, 1.165) is 0 Å². The Bertz CT molecular complexity index is 885. The van der Waals surface area contributed by atoms with Gasteiger partial charge in [0, 0.05) is 10.7 Å². The second-order valence-electron chi connectivity index (χ2n) is 5.30. The molecular weight excluding hydrogens is 356 g/mol. The van der Waals surface area contributed by atoms with Crippen molar-refractivity contribution in [2.75, 3.05) is 5.32 Å². The van der Waals surface area contributed by atoms with Crippen LogP contribution in [0.1, 0.15) is 12.5 Å². The maximum atomic E-state index is 12.2. The van der Waals surface area contributed by atoms with Crippen molar-refractivity contribution in [1.29, 1.82) is 5.26 Å². The largest absolute Gasteiger partial charge is 0.479 e. The van der Waals surface area contributed by atoms with Gasteiger partial charge in [0.25, 0.3) is 5.91 Å². The quantitative estimate of drug-likeness (QED) is 0.596. The first-order valence-corrected chi connectivity index (χ1v) is 7.95. The molecular formula is C19H15ClN2O4. The first-order valence-electron chi connectivity index (χ1n) is 7.57. The summed E-state index contributed by atoms with van der Waals surface area (Å²) in [5.41, 5.74) is 0.991. The Labute approximate surface area is 155 Å². The second kappa shape index (κ2) is 8.70. The molecule has 0 saturated heterocycles. The predicted octanol–water partition coefficient (Wildman–Crippen LogP) is 3.74. The molecule has 2 aromatic carbocycles. The van der Waals surface area contributed by atoms with Gasteiger partial charge >= 0.3 is 5.97 Å². The zero-order valence-electron chi connectivity index (χ0n) is 13.8. The Morgan fingerprint density at radius 1 is 1.27 bits per heavy atom. The van der Waals surface area contributed by atoms with Crippen molar-refractivity contribution in [3.8, 4) is 11.8 Å². The average molecular weight is 371 g/mol. The molecule has 1 amide bonds. The number of hydrogen-bond donors (Lipinski definition) is 2. The number of aliphatic carboxylic acids is 1. The molecule has 26 heavy (non-hydrogen) atoms. The molecule has 0 bridgehead atoms. The van der Waals surface area contributed by atoms with Crippen molar-refractivity contribution >= 4 is 35.2 Å². The lowest BCUT2D eigenvalue weighted by Crippen LogP contribution is -2.22. The molecule has 0 radical (unpaired) electrons. The Morgan fingerprint density at radius 3 is 2.54 bits per heavy atom. The Kier molecular flexibility index (Phi) is 6.36. The molecule has 0 fully saturated rings. The minimum absolute atomic E-state index is 0.0856. The third kappa shape index (κ3) is 5.36. The highest BCUT2D eigenvalue weighted by atomic mass is 35.5. The highest BCUT2D eigenvalue weighted by Gasteiger charge is 2.13. The van der Waals surface area contributed by atoms with Crippen LogP contribution in [0, 0.1) is 11.3 Å². The maximum Gasteiger partial charge on any atom is 0.344 e. The van der Waals surface area contributed by atoms with Gasteiger partial charge in [-0.3, -0.25) is 4.79 Å². The first-order chi connectivity index (χ1) is 12.4. The normalized spacial score (nSPS) is 12.0. The number of carboxylic acid groups (broad SMARTS) is 1. The molecule has 6 nitrogen and oxygen atoms in total. The molecule has 1 atom stereocenters. The van der Waals surface area contributed by atoms with E-state index in [1.807, 2.05) is 6.07 Å². The maximum absolute atomic E-state index is 12.2. The van der Waals surface area contributed by atoms with Crippen molar-refractivity contribution in [2.45, 2.75) is 13.0 Å². The minimum atomic E-state index is -1.07. The summed E-state index contributed by atoms with van der Waals surface area (Å²) in [6, 6.07) is 14.8. The predicted molar refractivity (Wildman–Crippen MR) is 97.8 cm³/mol.